The lowest BCUT2D eigenvalue weighted by Gasteiger charge is -2.28. The molecular formula is C14H21N3. The van der Waals surface area contributed by atoms with Crippen molar-refractivity contribution in [2.75, 3.05) is 24.5 Å². The Morgan fingerprint density at radius 1 is 1.18 bits per heavy atom. The molecule has 2 fully saturated rings. The molecule has 0 bridgehead atoms. The summed E-state index contributed by atoms with van der Waals surface area (Å²) in [6.45, 7) is 3.51. The highest BCUT2D eigenvalue weighted by atomic mass is 15.2. The summed E-state index contributed by atoms with van der Waals surface area (Å²) in [5, 5.41) is 3.63. The van der Waals surface area contributed by atoms with Crippen molar-refractivity contribution in [2.45, 2.75) is 38.1 Å². The number of rotatable bonds is 2. The zero-order chi connectivity index (χ0) is 11.5. The molecule has 92 valence electrons. The minimum Gasteiger partial charge on any atom is -0.356 e. The highest BCUT2D eigenvalue weighted by Gasteiger charge is 2.22. The summed E-state index contributed by atoms with van der Waals surface area (Å²) < 4.78 is 0. The van der Waals surface area contributed by atoms with E-state index in [4.69, 9.17) is 0 Å². The average Bonchev–Trinajstić information content (AvgIpc) is 2.94. The van der Waals surface area contributed by atoms with Crippen molar-refractivity contribution >= 4 is 5.82 Å². The maximum atomic E-state index is 4.62. The van der Waals surface area contributed by atoms with Gasteiger partial charge in [0.2, 0.25) is 0 Å². The Morgan fingerprint density at radius 3 is 2.82 bits per heavy atom. The first-order valence-corrected chi connectivity index (χ1v) is 6.88. The van der Waals surface area contributed by atoms with Gasteiger partial charge in [-0.3, -0.25) is 0 Å². The molecule has 1 atom stereocenters. The molecule has 2 saturated heterocycles. The fourth-order valence-electron chi connectivity index (χ4n) is 2.99. The minimum absolute atomic E-state index is 0.521. The van der Waals surface area contributed by atoms with Crippen LogP contribution < -0.4 is 10.2 Å². The molecule has 0 aromatic carbocycles. The molecule has 1 unspecified atom stereocenters. The monoisotopic (exact) mass is 231 g/mol. The summed E-state index contributed by atoms with van der Waals surface area (Å²) in [6.07, 6.45) is 8.47. The van der Waals surface area contributed by atoms with Gasteiger partial charge in [-0.15, -0.1) is 0 Å². The number of nitrogens with one attached hydrogen (secondary N) is 1. The standard InChI is InChI=1S/C14H21N3/c1-2-8-15-13(7-1)12-6-5-9-16-14(12)17-10-3-4-11-17/h5-6,9,13,15H,1-4,7-8,10-11H2. The van der Waals surface area contributed by atoms with Gasteiger partial charge in [-0.25, -0.2) is 4.98 Å². The van der Waals surface area contributed by atoms with E-state index in [0.29, 0.717) is 6.04 Å². The summed E-state index contributed by atoms with van der Waals surface area (Å²) in [6, 6.07) is 4.85. The highest BCUT2D eigenvalue weighted by molar-refractivity contribution is 5.49. The quantitative estimate of drug-likeness (QED) is 0.847. The van der Waals surface area contributed by atoms with Crippen LogP contribution in [-0.4, -0.2) is 24.6 Å². The highest BCUT2D eigenvalue weighted by Crippen LogP contribution is 2.30. The molecule has 1 N–H and O–H groups in total. The number of hydrogen-bond acceptors (Lipinski definition) is 3. The lowest BCUT2D eigenvalue weighted by atomic mass is 9.98. The first kappa shape index (κ1) is 11.0. The van der Waals surface area contributed by atoms with Crippen LogP contribution in [0.3, 0.4) is 0 Å². The van der Waals surface area contributed by atoms with Gasteiger partial charge >= 0.3 is 0 Å². The van der Waals surface area contributed by atoms with Gasteiger partial charge in [-0.2, -0.15) is 0 Å². The van der Waals surface area contributed by atoms with Gasteiger partial charge in [0.15, 0.2) is 0 Å². The van der Waals surface area contributed by atoms with Crippen molar-refractivity contribution in [3.8, 4) is 0 Å². The molecule has 2 aliphatic rings. The molecule has 2 aliphatic heterocycles. The number of anilines is 1. The molecular weight excluding hydrogens is 210 g/mol. The Bertz CT molecular complexity index is 365. The zero-order valence-electron chi connectivity index (χ0n) is 10.4. The Balaban J connectivity index is 1.86. The fourth-order valence-corrected chi connectivity index (χ4v) is 2.99. The third kappa shape index (κ3) is 2.29. The van der Waals surface area contributed by atoms with Crippen molar-refractivity contribution in [1.82, 2.24) is 10.3 Å². The zero-order valence-corrected chi connectivity index (χ0v) is 10.4. The minimum atomic E-state index is 0.521. The maximum absolute atomic E-state index is 4.62. The van der Waals surface area contributed by atoms with Gasteiger partial charge in [0, 0.05) is 30.9 Å². The SMILES string of the molecule is c1cnc(N2CCCC2)c(C2CCCCN2)c1. The number of nitrogens with zero attached hydrogens (tertiary/aromatic N) is 2. The van der Waals surface area contributed by atoms with Crippen LogP contribution >= 0.6 is 0 Å². The van der Waals surface area contributed by atoms with Crippen LogP contribution in [0.2, 0.25) is 0 Å². The van der Waals surface area contributed by atoms with Crippen LogP contribution in [0.25, 0.3) is 0 Å². The summed E-state index contributed by atoms with van der Waals surface area (Å²) in [5.41, 5.74) is 1.41. The molecule has 0 radical (unpaired) electrons. The molecule has 0 aliphatic carbocycles. The van der Waals surface area contributed by atoms with E-state index >= 15 is 0 Å². The van der Waals surface area contributed by atoms with Crippen LogP contribution in [0.5, 0.6) is 0 Å². The number of hydrogen-bond donors (Lipinski definition) is 1. The van der Waals surface area contributed by atoms with Crippen molar-refractivity contribution in [3.63, 3.8) is 0 Å². The topological polar surface area (TPSA) is 28.2 Å². The fraction of sp³-hybridized carbons (Fsp3) is 0.643. The molecule has 1 aromatic heterocycles. The van der Waals surface area contributed by atoms with Crippen LogP contribution in [-0.2, 0) is 0 Å². The Kier molecular flexibility index (Phi) is 3.27. The Hall–Kier alpha value is -1.09. The Labute approximate surface area is 103 Å². The van der Waals surface area contributed by atoms with Crippen molar-refractivity contribution in [3.05, 3.63) is 23.9 Å². The molecule has 3 rings (SSSR count). The van der Waals surface area contributed by atoms with Crippen LogP contribution in [0, 0.1) is 0 Å². The molecule has 3 heteroatoms. The predicted molar refractivity (Wildman–Crippen MR) is 70.3 cm³/mol. The van der Waals surface area contributed by atoms with E-state index in [2.05, 4.69) is 27.3 Å². The normalized spacial score (nSPS) is 25.2. The van der Waals surface area contributed by atoms with E-state index in [9.17, 15) is 0 Å². The molecule has 1 aromatic rings. The molecule has 3 heterocycles. The van der Waals surface area contributed by atoms with E-state index in [0.717, 1.165) is 6.54 Å². The van der Waals surface area contributed by atoms with Gasteiger partial charge in [0.1, 0.15) is 5.82 Å². The lowest BCUT2D eigenvalue weighted by molar-refractivity contribution is 0.411. The van der Waals surface area contributed by atoms with E-state index in [-0.39, 0.29) is 0 Å². The number of pyridine rings is 1. The van der Waals surface area contributed by atoms with E-state index < -0.39 is 0 Å². The van der Waals surface area contributed by atoms with Crippen LogP contribution in [0.15, 0.2) is 18.3 Å². The second kappa shape index (κ2) is 5.05. The predicted octanol–water partition coefficient (Wildman–Crippen LogP) is 2.50. The third-order valence-electron chi connectivity index (χ3n) is 3.91. The van der Waals surface area contributed by atoms with E-state index in [1.807, 2.05) is 6.20 Å². The van der Waals surface area contributed by atoms with Crippen LogP contribution in [0.4, 0.5) is 5.82 Å². The lowest BCUT2D eigenvalue weighted by Crippen LogP contribution is -2.29. The summed E-state index contributed by atoms with van der Waals surface area (Å²) in [5.74, 6) is 1.23. The van der Waals surface area contributed by atoms with Crippen molar-refractivity contribution < 1.29 is 0 Å². The molecule has 0 amide bonds. The first-order chi connectivity index (χ1) is 8.45. The van der Waals surface area contributed by atoms with Gasteiger partial charge in [0.25, 0.3) is 0 Å². The van der Waals surface area contributed by atoms with Gasteiger partial charge in [-0.05, 0) is 38.3 Å². The van der Waals surface area contributed by atoms with Gasteiger partial charge in [0.05, 0.1) is 0 Å². The Morgan fingerprint density at radius 2 is 2.06 bits per heavy atom. The number of piperidine rings is 1. The molecule has 0 saturated carbocycles. The van der Waals surface area contributed by atoms with Gasteiger partial charge < -0.3 is 10.2 Å². The average molecular weight is 231 g/mol. The molecule has 0 spiro atoms. The first-order valence-electron chi connectivity index (χ1n) is 6.88. The second-order valence-corrected chi connectivity index (χ2v) is 5.11. The van der Waals surface area contributed by atoms with E-state index in [1.165, 1.54) is 56.6 Å². The molecule has 3 nitrogen and oxygen atoms in total. The second-order valence-electron chi connectivity index (χ2n) is 5.11. The number of aromatic nitrogens is 1. The largest absolute Gasteiger partial charge is 0.356 e. The van der Waals surface area contributed by atoms with Gasteiger partial charge in [-0.1, -0.05) is 12.5 Å². The summed E-state index contributed by atoms with van der Waals surface area (Å²) >= 11 is 0. The third-order valence-corrected chi connectivity index (χ3v) is 3.91. The van der Waals surface area contributed by atoms with Crippen molar-refractivity contribution in [2.24, 2.45) is 0 Å². The van der Waals surface area contributed by atoms with Crippen LogP contribution in [0.1, 0.15) is 43.7 Å². The summed E-state index contributed by atoms with van der Waals surface area (Å²) in [4.78, 5) is 7.07. The molecule has 17 heavy (non-hydrogen) atoms. The maximum Gasteiger partial charge on any atom is 0.133 e. The van der Waals surface area contributed by atoms with Crippen molar-refractivity contribution in [1.29, 1.82) is 0 Å². The van der Waals surface area contributed by atoms with E-state index in [1.54, 1.807) is 0 Å². The summed E-state index contributed by atoms with van der Waals surface area (Å²) in [7, 11) is 0. The smallest absolute Gasteiger partial charge is 0.133 e.